The van der Waals surface area contributed by atoms with Crippen LogP contribution in [0.3, 0.4) is 0 Å². The van der Waals surface area contributed by atoms with E-state index in [0.29, 0.717) is 27.2 Å². The summed E-state index contributed by atoms with van der Waals surface area (Å²) in [7, 11) is 1.50. The molecular weight excluding hydrogens is 336 g/mol. The van der Waals surface area contributed by atoms with E-state index in [1.165, 1.54) is 7.11 Å². The lowest BCUT2D eigenvalue weighted by Crippen LogP contribution is -2.00. The van der Waals surface area contributed by atoms with E-state index in [2.05, 4.69) is 20.9 Å². The standard InChI is InChI=1S/C15H11BrN2O3/c1-20-14-6-11(8-19)5-13(16)15(14)21-9-10-2-3-18-12(4-10)7-17/h2-6,8H,9H2,1H3. The molecule has 0 aliphatic carbocycles. The van der Waals surface area contributed by atoms with Crippen LogP contribution in [0.5, 0.6) is 11.5 Å². The maximum absolute atomic E-state index is 10.8. The number of ether oxygens (including phenoxy) is 2. The van der Waals surface area contributed by atoms with Crippen molar-refractivity contribution in [2.75, 3.05) is 7.11 Å². The Labute approximate surface area is 130 Å². The lowest BCUT2D eigenvalue weighted by atomic mass is 10.2. The highest BCUT2D eigenvalue weighted by molar-refractivity contribution is 9.10. The highest BCUT2D eigenvalue weighted by Crippen LogP contribution is 2.36. The lowest BCUT2D eigenvalue weighted by molar-refractivity contribution is 0.112. The maximum Gasteiger partial charge on any atom is 0.175 e. The number of nitriles is 1. The van der Waals surface area contributed by atoms with Crippen LogP contribution < -0.4 is 9.47 Å². The van der Waals surface area contributed by atoms with Gasteiger partial charge in [-0.1, -0.05) is 0 Å². The van der Waals surface area contributed by atoms with Crippen molar-refractivity contribution < 1.29 is 14.3 Å². The van der Waals surface area contributed by atoms with Crippen LogP contribution in [0.25, 0.3) is 0 Å². The molecule has 0 amide bonds. The number of carbonyl (C=O) groups is 1. The molecule has 6 heteroatoms. The maximum atomic E-state index is 10.8. The van der Waals surface area contributed by atoms with Gasteiger partial charge in [-0.15, -0.1) is 0 Å². The summed E-state index contributed by atoms with van der Waals surface area (Å²) < 4.78 is 11.6. The molecule has 0 N–H and O–H groups in total. The molecule has 21 heavy (non-hydrogen) atoms. The van der Waals surface area contributed by atoms with E-state index in [1.807, 2.05) is 6.07 Å². The van der Waals surface area contributed by atoms with Gasteiger partial charge >= 0.3 is 0 Å². The summed E-state index contributed by atoms with van der Waals surface area (Å²) >= 11 is 3.35. The number of aromatic nitrogens is 1. The van der Waals surface area contributed by atoms with Crippen molar-refractivity contribution in [1.29, 1.82) is 5.26 Å². The summed E-state index contributed by atoms with van der Waals surface area (Å²) in [6.07, 6.45) is 2.29. The van der Waals surface area contributed by atoms with E-state index >= 15 is 0 Å². The average molecular weight is 347 g/mol. The van der Waals surface area contributed by atoms with E-state index in [0.717, 1.165) is 11.8 Å². The van der Waals surface area contributed by atoms with Crippen molar-refractivity contribution in [2.45, 2.75) is 6.61 Å². The third kappa shape index (κ3) is 3.58. The van der Waals surface area contributed by atoms with Gasteiger partial charge in [0.15, 0.2) is 11.5 Å². The number of nitrogens with zero attached hydrogens (tertiary/aromatic N) is 2. The van der Waals surface area contributed by atoms with E-state index in [4.69, 9.17) is 14.7 Å². The van der Waals surface area contributed by atoms with Crippen molar-refractivity contribution in [2.24, 2.45) is 0 Å². The Morgan fingerprint density at radius 2 is 2.24 bits per heavy atom. The fourth-order valence-corrected chi connectivity index (χ4v) is 2.30. The molecule has 0 fully saturated rings. The number of halogens is 1. The van der Waals surface area contributed by atoms with Crippen LogP contribution in [0, 0.1) is 11.3 Å². The summed E-state index contributed by atoms with van der Waals surface area (Å²) in [4.78, 5) is 14.7. The van der Waals surface area contributed by atoms with E-state index in [-0.39, 0.29) is 6.61 Å². The number of carbonyl (C=O) groups excluding carboxylic acids is 1. The molecule has 1 aromatic carbocycles. The summed E-state index contributed by atoms with van der Waals surface area (Å²) in [5.41, 5.74) is 1.63. The van der Waals surface area contributed by atoms with Crippen molar-refractivity contribution in [3.63, 3.8) is 0 Å². The average Bonchev–Trinajstić information content (AvgIpc) is 2.53. The Morgan fingerprint density at radius 1 is 1.43 bits per heavy atom. The number of rotatable bonds is 5. The summed E-state index contributed by atoms with van der Waals surface area (Å²) in [6.45, 7) is 0.257. The van der Waals surface area contributed by atoms with Crippen molar-refractivity contribution in [1.82, 2.24) is 4.98 Å². The van der Waals surface area contributed by atoms with Crippen molar-refractivity contribution in [3.05, 3.63) is 51.8 Å². The molecule has 0 spiro atoms. The highest BCUT2D eigenvalue weighted by Gasteiger charge is 2.12. The smallest absolute Gasteiger partial charge is 0.175 e. The summed E-state index contributed by atoms with van der Waals surface area (Å²) in [5, 5.41) is 8.82. The van der Waals surface area contributed by atoms with Crippen LogP contribution in [0.15, 0.2) is 34.9 Å². The monoisotopic (exact) mass is 346 g/mol. The molecule has 0 unspecified atom stereocenters. The van der Waals surface area contributed by atoms with Gasteiger partial charge in [-0.2, -0.15) is 5.26 Å². The molecule has 0 saturated heterocycles. The Bertz CT molecular complexity index is 711. The molecule has 5 nitrogen and oxygen atoms in total. The second-order valence-electron chi connectivity index (χ2n) is 4.10. The number of hydrogen-bond acceptors (Lipinski definition) is 5. The van der Waals surface area contributed by atoms with Crippen LogP contribution in [0.4, 0.5) is 0 Å². The third-order valence-electron chi connectivity index (χ3n) is 2.71. The fourth-order valence-electron chi connectivity index (χ4n) is 1.73. The number of hydrogen-bond donors (Lipinski definition) is 0. The summed E-state index contributed by atoms with van der Waals surface area (Å²) in [5.74, 6) is 0.958. The SMILES string of the molecule is COc1cc(C=O)cc(Br)c1OCc1ccnc(C#N)c1. The molecule has 0 atom stereocenters. The molecule has 0 saturated carbocycles. The zero-order chi connectivity index (χ0) is 15.2. The molecule has 1 heterocycles. The Hall–Kier alpha value is -2.39. The molecule has 2 aromatic rings. The first-order valence-corrected chi connectivity index (χ1v) is 6.77. The fraction of sp³-hybridized carbons (Fsp3) is 0.133. The van der Waals surface area contributed by atoms with Gasteiger partial charge in [0.05, 0.1) is 11.6 Å². The van der Waals surface area contributed by atoms with E-state index < -0.39 is 0 Å². The van der Waals surface area contributed by atoms with Crippen LogP contribution in [0.1, 0.15) is 21.6 Å². The van der Waals surface area contributed by atoms with Gasteiger partial charge in [0.25, 0.3) is 0 Å². The zero-order valence-electron chi connectivity index (χ0n) is 11.2. The zero-order valence-corrected chi connectivity index (χ0v) is 12.8. The molecule has 0 aliphatic heterocycles. The van der Waals surface area contributed by atoms with Crippen LogP contribution >= 0.6 is 15.9 Å². The Morgan fingerprint density at radius 3 is 2.90 bits per heavy atom. The topological polar surface area (TPSA) is 72.2 Å². The van der Waals surface area contributed by atoms with Crippen molar-refractivity contribution in [3.8, 4) is 17.6 Å². The molecule has 0 radical (unpaired) electrons. The predicted octanol–water partition coefficient (Wildman–Crippen LogP) is 3.12. The summed E-state index contributed by atoms with van der Waals surface area (Å²) in [6, 6.07) is 8.64. The molecule has 106 valence electrons. The molecule has 0 aliphatic rings. The third-order valence-corrected chi connectivity index (χ3v) is 3.30. The molecule has 2 rings (SSSR count). The second-order valence-corrected chi connectivity index (χ2v) is 4.96. The first-order valence-electron chi connectivity index (χ1n) is 5.98. The highest BCUT2D eigenvalue weighted by atomic mass is 79.9. The Kier molecular flexibility index (Phi) is 4.90. The normalized spacial score (nSPS) is 9.76. The van der Waals surface area contributed by atoms with Gasteiger partial charge in [0.1, 0.15) is 24.7 Å². The van der Waals surface area contributed by atoms with Gasteiger partial charge in [-0.25, -0.2) is 4.98 Å². The van der Waals surface area contributed by atoms with Crippen LogP contribution in [-0.4, -0.2) is 18.4 Å². The van der Waals surface area contributed by atoms with Crippen LogP contribution in [-0.2, 0) is 6.61 Å². The van der Waals surface area contributed by atoms with Gasteiger partial charge in [0.2, 0.25) is 0 Å². The lowest BCUT2D eigenvalue weighted by Gasteiger charge is -2.13. The largest absolute Gasteiger partial charge is 0.493 e. The van der Waals surface area contributed by atoms with Crippen LogP contribution in [0.2, 0.25) is 0 Å². The molecule has 1 aromatic heterocycles. The van der Waals surface area contributed by atoms with Gasteiger partial charge in [-0.3, -0.25) is 4.79 Å². The second kappa shape index (κ2) is 6.86. The Balaban J connectivity index is 2.23. The quantitative estimate of drug-likeness (QED) is 0.777. The molecule has 0 bridgehead atoms. The minimum atomic E-state index is 0.257. The molecular formula is C15H11BrN2O3. The van der Waals surface area contributed by atoms with Gasteiger partial charge in [0, 0.05) is 11.8 Å². The van der Waals surface area contributed by atoms with E-state index in [1.54, 1.807) is 30.5 Å². The predicted molar refractivity (Wildman–Crippen MR) is 79.4 cm³/mol. The minimum absolute atomic E-state index is 0.257. The number of aldehydes is 1. The number of benzene rings is 1. The van der Waals surface area contributed by atoms with Gasteiger partial charge in [-0.05, 0) is 45.8 Å². The van der Waals surface area contributed by atoms with Gasteiger partial charge < -0.3 is 9.47 Å². The number of methoxy groups -OCH3 is 1. The minimum Gasteiger partial charge on any atom is -0.493 e. The first kappa shape index (κ1) is 15.0. The number of pyridine rings is 1. The van der Waals surface area contributed by atoms with E-state index in [9.17, 15) is 4.79 Å². The first-order chi connectivity index (χ1) is 10.2. The van der Waals surface area contributed by atoms with Crippen molar-refractivity contribution >= 4 is 22.2 Å².